The number of pyridine rings is 1. The van der Waals surface area contributed by atoms with Gasteiger partial charge in [-0.2, -0.15) is 0 Å². The van der Waals surface area contributed by atoms with Crippen molar-refractivity contribution in [1.29, 1.82) is 0 Å². The van der Waals surface area contributed by atoms with Gasteiger partial charge in [0, 0.05) is 24.8 Å². The van der Waals surface area contributed by atoms with E-state index in [-0.39, 0.29) is 24.6 Å². The van der Waals surface area contributed by atoms with Gasteiger partial charge in [0.25, 0.3) is 5.91 Å². The van der Waals surface area contributed by atoms with E-state index in [0.29, 0.717) is 22.2 Å². The molecule has 3 aromatic rings. The van der Waals surface area contributed by atoms with Gasteiger partial charge in [-0.25, -0.2) is 9.37 Å². The Kier molecular flexibility index (Phi) is 6.11. The number of ether oxygens (including phenoxy) is 1. The van der Waals surface area contributed by atoms with Crippen LogP contribution in [0.2, 0.25) is 5.02 Å². The molecule has 0 aliphatic carbocycles. The molecule has 0 atom stereocenters. The van der Waals surface area contributed by atoms with Crippen LogP contribution in [-0.4, -0.2) is 22.9 Å². The summed E-state index contributed by atoms with van der Waals surface area (Å²) in [6.45, 7) is 0.478. The van der Waals surface area contributed by atoms with Crippen LogP contribution in [0.4, 0.5) is 10.2 Å². The highest BCUT2D eigenvalue weighted by Gasteiger charge is 2.19. The third-order valence-corrected chi connectivity index (χ3v) is 4.63. The molecule has 0 saturated heterocycles. The smallest absolute Gasteiger partial charge is 0.254 e. The average molecular weight is 400 g/mol. The minimum Gasteiger partial charge on any atom is -0.495 e. The number of hydrogen-bond acceptors (Lipinski definition) is 4. The van der Waals surface area contributed by atoms with Crippen molar-refractivity contribution in [2.24, 2.45) is 0 Å². The van der Waals surface area contributed by atoms with Crippen LogP contribution in [0.5, 0.6) is 5.75 Å². The number of carbonyl (C=O) groups is 1. The molecule has 0 aliphatic rings. The summed E-state index contributed by atoms with van der Waals surface area (Å²) in [5.74, 6) is 0.114. The first-order valence-electron chi connectivity index (χ1n) is 8.54. The predicted molar refractivity (Wildman–Crippen MR) is 107 cm³/mol. The number of benzene rings is 2. The largest absolute Gasteiger partial charge is 0.495 e. The number of halogens is 2. The Morgan fingerprint density at radius 3 is 2.64 bits per heavy atom. The molecule has 5 nitrogen and oxygen atoms in total. The van der Waals surface area contributed by atoms with Gasteiger partial charge in [0.15, 0.2) is 0 Å². The highest BCUT2D eigenvalue weighted by molar-refractivity contribution is 6.32. The van der Waals surface area contributed by atoms with E-state index in [4.69, 9.17) is 22.1 Å². The molecule has 1 aromatic heterocycles. The Labute approximate surface area is 167 Å². The topological polar surface area (TPSA) is 68.5 Å². The SMILES string of the molecule is COc1cccc(CN(Cc2ccc(N)nc2)C(=O)c2cccc(F)c2)c1Cl. The third-order valence-electron chi connectivity index (χ3n) is 4.20. The fraction of sp³-hybridized carbons (Fsp3) is 0.143. The van der Waals surface area contributed by atoms with Crippen LogP contribution in [0.15, 0.2) is 60.8 Å². The maximum absolute atomic E-state index is 13.6. The van der Waals surface area contributed by atoms with E-state index >= 15 is 0 Å². The van der Waals surface area contributed by atoms with E-state index in [1.54, 1.807) is 41.4 Å². The van der Waals surface area contributed by atoms with E-state index in [0.717, 1.165) is 5.56 Å². The summed E-state index contributed by atoms with van der Waals surface area (Å²) in [6.07, 6.45) is 1.61. The molecule has 1 amide bonds. The van der Waals surface area contributed by atoms with Crippen LogP contribution in [0.1, 0.15) is 21.5 Å². The first-order valence-corrected chi connectivity index (χ1v) is 8.92. The average Bonchev–Trinajstić information content (AvgIpc) is 2.70. The van der Waals surface area contributed by atoms with E-state index in [1.807, 2.05) is 6.07 Å². The molecule has 28 heavy (non-hydrogen) atoms. The Morgan fingerprint density at radius 1 is 1.18 bits per heavy atom. The van der Waals surface area contributed by atoms with Crippen molar-refractivity contribution in [2.75, 3.05) is 12.8 Å². The van der Waals surface area contributed by atoms with E-state index in [1.165, 1.54) is 25.3 Å². The summed E-state index contributed by atoms with van der Waals surface area (Å²) in [5, 5.41) is 0.428. The predicted octanol–water partition coefficient (Wildman–Crippen LogP) is 4.31. The summed E-state index contributed by atoms with van der Waals surface area (Å²) in [4.78, 5) is 18.7. The van der Waals surface area contributed by atoms with E-state index < -0.39 is 5.82 Å². The number of aromatic nitrogens is 1. The molecule has 144 valence electrons. The van der Waals surface area contributed by atoms with Crippen molar-refractivity contribution in [2.45, 2.75) is 13.1 Å². The molecule has 0 fully saturated rings. The second kappa shape index (κ2) is 8.71. The second-order valence-corrected chi connectivity index (χ2v) is 6.57. The summed E-state index contributed by atoms with van der Waals surface area (Å²) in [7, 11) is 1.53. The summed E-state index contributed by atoms with van der Waals surface area (Å²) in [6, 6.07) is 14.4. The lowest BCUT2D eigenvalue weighted by atomic mass is 10.1. The molecule has 2 aromatic carbocycles. The molecule has 0 saturated carbocycles. The van der Waals surface area contributed by atoms with Crippen LogP contribution in [0.25, 0.3) is 0 Å². The second-order valence-electron chi connectivity index (χ2n) is 6.20. The van der Waals surface area contributed by atoms with Crippen LogP contribution in [0.3, 0.4) is 0 Å². The fourth-order valence-electron chi connectivity index (χ4n) is 2.80. The van der Waals surface area contributed by atoms with E-state index in [2.05, 4.69) is 4.98 Å². The van der Waals surface area contributed by atoms with Crippen LogP contribution >= 0.6 is 11.6 Å². The molecule has 0 radical (unpaired) electrons. The summed E-state index contributed by atoms with van der Waals surface area (Å²) >= 11 is 6.40. The fourth-order valence-corrected chi connectivity index (χ4v) is 3.06. The summed E-state index contributed by atoms with van der Waals surface area (Å²) in [5.41, 5.74) is 7.39. The van der Waals surface area contributed by atoms with Gasteiger partial charge in [-0.05, 0) is 41.5 Å². The Bertz CT molecular complexity index is 980. The number of nitrogen functional groups attached to an aromatic ring is 1. The zero-order valence-electron chi connectivity index (χ0n) is 15.2. The molecule has 1 heterocycles. The quantitative estimate of drug-likeness (QED) is 0.670. The third kappa shape index (κ3) is 4.58. The van der Waals surface area contributed by atoms with Gasteiger partial charge in [-0.3, -0.25) is 4.79 Å². The molecule has 0 aliphatic heterocycles. The van der Waals surface area contributed by atoms with Crippen molar-refractivity contribution in [3.05, 3.63) is 88.3 Å². The maximum Gasteiger partial charge on any atom is 0.254 e. The molecule has 3 rings (SSSR count). The van der Waals surface area contributed by atoms with Gasteiger partial charge in [0.2, 0.25) is 0 Å². The Hall–Kier alpha value is -3.12. The van der Waals surface area contributed by atoms with Crippen molar-refractivity contribution in [1.82, 2.24) is 9.88 Å². The molecular formula is C21H19ClFN3O2. The lowest BCUT2D eigenvalue weighted by molar-refractivity contribution is 0.0729. The zero-order valence-corrected chi connectivity index (χ0v) is 16.0. The normalized spacial score (nSPS) is 10.5. The molecule has 7 heteroatoms. The Morgan fingerprint density at radius 2 is 1.96 bits per heavy atom. The van der Waals surface area contributed by atoms with Gasteiger partial charge < -0.3 is 15.4 Å². The number of carbonyl (C=O) groups excluding carboxylic acids is 1. The minimum absolute atomic E-state index is 0.218. The lowest BCUT2D eigenvalue weighted by Gasteiger charge is -2.24. The molecule has 0 bridgehead atoms. The van der Waals surface area contributed by atoms with Crippen molar-refractivity contribution >= 4 is 23.3 Å². The highest BCUT2D eigenvalue weighted by atomic mass is 35.5. The van der Waals surface area contributed by atoms with Crippen LogP contribution in [-0.2, 0) is 13.1 Å². The number of nitrogens with zero attached hydrogens (tertiary/aromatic N) is 2. The standard InChI is InChI=1S/C21H19ClFN3O2/c1-28-18-7-3-5-16(20(18)22)13-26(12-14-8-9-19(24)25-11-14)21(27)15-4-2-6-17(23)10-15/h2-11H,12-13H2,1H3,(H2,24,25). The number of rotatable bonds is 6. The van der Waals surface area contributed by atoms with Crippen LogP contribution < -0.4 is 10.5 Å². The number of hydrogen-bond donors (Lipinski definition) is 1. The number of anilines is 1. The number of methoxy groups -OCH3 is 1. The summed E-state index contributed by atoms with van der Waals surface area (Å²) < 4.78 is 18.9. The zero-order chi connectivity index (χ0) is 20.1. The van der Waals surface area contributed by atoms with Gasteiger partial charge >= 0.3 is 0 Å². The molecule has 0 unspecified atom stereocenters. The molecular weight excluding hydrogens is 381 g/mol. The van der Waals surface area contributed by atoms with Gasteiger partial charge in [-0.15, -0.1) is 0 Å². The van der Waals surface area contributed by atoms with Crippen molar-refractivity contribution in [3.63, 3.8) is 0 Å². The molecule has 2 N–H and O–H groups in total. The monoisotopic (exact) mass is 399 g/mol. The number of nitrogens with two attached hydrogens (primary N) is 1. The Balaban J connectivity index is 1.94. The highest BCUT2D eigenvalue weighted by Crippen LogP contribution is 2.29. The number of amides is 1. The van der Waals surface area contributed by atoms with E-state index in [9.17, 15) is 9.18 Å². The first kappa shape index (κ1) is 19.6. The molecule has 0 spiro atoms. The van der Waals surface area contributed by atoms with Gasteiger partial charge in [0.05, 0.1) is 12.1 Å². The van der Waals surface area contributed by atoms with Gasteiger partial charge in [-0.1, -0.05) is 35.9 Å². The van der Waals surface area contributed by atoms with Gasteiger partial charge in [0.1, 0.15) is 17.4 Å². The maximum atomic E-state index is 13.6. The lowest BCUT2D eigenvalue weighted by Crippen LogP contribution is -2.30. The van der Waals surface area contributed by atoms with Crippen molar-refractivity contribution in [3.8, 4) is 5.75 Å². The van der Waals surface area contributed by atoms with Crippen molar-refractivity contribution < 1.29 is 13.9 Å². The minimum atomic E-state index is -0.473. The first-order chi connectivity index (χ1) is 13.5. The van der Waals surface area contributed by atoms with Crippen LogP contribution in [0, 0.1) is 5.82 Å².